The normalized spacial score (nSPS) is 11.0. The number of hydrogen-bond donors (Lipinski definition) is 2. The fourth-order valence-electron chi connectivity index (χ4n) is 3.02. The van der Waals surface area contributed by atoms with Gasteiger partial charge in [-0.3, -0.25) is 4.79 Å². The van der Waals surface area contributed by atoms with Crippen molar-refractivity contribution in [3.8, 4) is 22.5 Å². The Kier molecular flexibility index (Phi) is 3.17. The molecule has 116 valence electrons. The second-order valence-electron chi connectivity index (χ2n) is 5.65. The molecule has 4 nitrogen and oxygen atoms in total. The minimum atomic E-state index is 0.365. The van der Waals surface area contributed by atoms with Crippen LogP contribution >= 0.6 is 0 Å². The number of aldehydes is 1. The van der Waals surface area contributed by atoms with E-state index < -0.39 is 0 Å². The molecule has 0 atom stereocenters. The van der Waals surface area contributed by atoms with Crippen LogP contribution in [-0.4, -0.2) is 6.29 Å². The van der Waals surface area contributed by atoms with Crippen molar-refractivity contribution in [3.63, 3.8) is 0 Å². The first-order valence-electron chi connectivity index (χ1n) is 7.52. The lowest BCUT2D eigenvalue weighted by Crippen LogP contribution is -2.01. The maximum atomic E-state index is 11.5. The minimum absolute atomic E-state index is 0.365. The van der Waals surface area contributed by atoms with E-state index in [-0.39, 0.29) is 0 Å². The van der Waals surface area contributed by atoms with Gasteiger partial charge in [-0.2, -0.15) is 0 Å². The highest BCUT2D eigenvalue weighted by Crippen LogP contribution is 2.41. The average Bonchev–Trinajstić information content (AvgIpc) is 2.59. The van der Waals surface area contributed by atoms with Crippen molar-refractivity contribution in [1.29, 1.82) is 5.41 Å². The quantitative estimate of drug-likeness (QED) is 0.332. The number of nitrogen functional groups attached to an aromatic ring is 1. The molecule has 0 aromatic heterocycles. The summed E-state index contributed by atoms with van der Waals surface area (Å²) < 4.78 is 5.96. The first-order valence-corrected chi connectivity index (χ1v) is 7.52. The molecule has 1 heterocycles. The minimum Gasteiger partial charge on any atom is -0.456 e. The van der Waals surface area contributed by atoms with Crippen molar-refractivity contribution in [2.75, 3.05) is 5.73 Å². The highest BCUT2D eigenvalue weighted by Gasteiger charge is 2.18. The van der Waals surface area contributed by atoms with Crippen LogP contribution in [0.4, 0.5) is 5.69 Å². The SMILES string of the molecule is N=c1ccc2c(-c3ccccc3C=O)c3ccc(N)cc3oc-2c1. The fourth-order valence-corrected chi connectivity index (χ4v) is 3.02. The number of carbonyl (C=O) groups is 1. The Morgan fingerprint density at radius 1 is 0.958 bits per heavy atom. The van der Waals surface area contributed by atoms with Crippen LogP contribution in [-0.2, 0) is 0 Å². The van der Waals surface area contributed by atoms with E-state index in [0.29, 0.717) is 28.0 Å². The second-order valence-corrected chi connectivity index (χ2v) is 5.65. The van der Waals surface area contributed by atoms with Gasteiger partial charge in [-0.1, -0.05) is 24.3 Å². The molecule has 0 bridgehead atoms. The molecule has 0 saturated heterocycles. The highest BCUT2D eigenvalue weighted by atomic mass is 16.3. The summed E-state index contributed by atoms with van der Waals surface area (Å²) in [6.45, 7) is 0. The number of carbonyl (C=O) groups excluding carboxylic acids is 1. The average molecular weight is 314 g/mol. The molecule has 1 aliphatic heterocycles. The van der Waals surface area contributed by atoms with Crippen LogP contribution in [0, 0.1) is 5.41 Å². The van der Waals surface area contributed by atoms with Crippen LogP contribution in [0.15, 0.2) is 65.1 Å². The van der Waals surface area contributed by atoms with Crippen LogP contribution in [0.3, 0.4) is 0 Å². The summed E-state index contributed by atoms with van der Waals surface area (Å²) in [5, 5.41) is 9.08. The fraction of sp³-hybridized carbons (Fsp3) is 0. The Balaban J connectivity index is 2.23. The number of hydrogen-bond acceptors (Lipinski definition) is 4. The van der Waals surface area contributed by atoms with Gasteiger partial charge in [-0.15, -0.1) is 0 Å². The lowest BCUT2D eigenvalue weighted by Gasteiger charge is -2.16. The summed E-state index contributed by atoms with van der Waals surface area (Å²) in [6, 6.07) is 18.2. The largest absolute Gasteiger partial charge is 0.456 e. The highest BCUT2D eigenvalue weighted by molar-refractivity contribution is 6.05. The van der Waals surface area contributed by atoms with Gasteiger partial charge >= 0.3 is 0 Å². The van der Waals surface area contributed by atoms with Crippen molar-refractivity contribution in [3.05, 3.63) is 71.6 Å². The molecule has 4 rings (SSSR count). The van der Waals surface area contributed by atoms with Crippen molar-refractivity contribution in [1.82, 2.24) is 0 Å². The molecule has 0 radical (unpaired) electrons. The molecule has 0 spiro atoms. The lowest BCUT2D eigenvalue weighted by molar-refractivity contribution is 0.112. The van der Waals surface area contributed by atoms with Gasteiger partial charge in [-0.25, -0.2) is 0 Å². The van der Waals surface area contributed by atoms with Gasteiger partial charge in [0.25, 0.3) is 0 Å². The van der Waals surface area contributed by atoms with E-state index >= 15 is 0 Å². The van der Waals surface area contributed by atoms with Gasteiger partial charge in [0.2, 0.25) is 0 Å². The van der Waals surface area contributed by atoms with E-state index in [2.05, 4.69) is 0 Å². The molecule has 0 amide bonds. The molecule has 0 unspecified atom stereocenters. The number of fused-ring (bicyclic) bond motifs is 2. The zero-order valence-corrected chi connectivity index (χ0v) is 12.7. The Labute approximate surface area is 138 Å². The van der Waals surface area contributed by atoms with Gasteiger partial charge in [-0.05, 0) is 29.8 Å². The molecule has 3 N–H and O–H groups in total. The molecule has 0 saturated carbocycles. The zero-order chi connectivity index (χ0) is 16.7. The molecule has 2 aromatic carbocycles. The predicted octanol–water partition coefficient (Wildman–Crippen LogP) is 4.08. The van der Waals surface area contributed by atoms with Gasteiger partial charge in [0.05, 0.1) is 5.36 Å². The topological polar surface area (TPSA) is 80.1 Å². The molecule has 0 fully saturated rings. The van der Waals surface area contributed by atoms with Crippen LogP contribution in [0.25, 0.3) is 33.4 Å². The summed E-state index contributed by atoms with van der Waals surface area (Å²) in [7, 11) is 0. The number of anilines is 1. The van der Waals surface area contributed by atoms with Gasteiger partial charge in [0.15, 0.2) is 6.29 Å². The molecular formula is C20H14N2O2. The van der Waals surface area contributed by atoms with Crippen molar-refractivity contribution < 1.29 is 9.21 Å². The van der Waals surface area contributed by atoms with E-state index in [1.54, 1.807) is 24.3 Å². The maximum absolute atomic E-state index is 11.5. The summed E-state index contributed by atoms with van der Waals surface area (Å²) in [5.74, 6) is 0.594. The first kappa shape index (κ1) is 14.2. The van der Waals surface area contributed by atoms with Crippen molar-refractivity contribution in [2.24, 2.45) is 0 Å². The van der Waals surface area contributed by atoms with Crippen molar-refractivity contribution in [2.45, 2.75) is 0 Å². The molecular weight excluding hydrogens is 300 g/mol. The van der Waals surface area contributed by atoms with Crippen LogP contribution in [0.2, 0.25) is 0 Å². The van der Waals surface area contributed by atoms with E-state index in [0.717, 1.165) is 28.4 Å². The maximum Gasteiger partial charge on any atom is 0.150 e. The number of rotatable bonds is 2. The zero-order valence-electron chi connectivity index (χ0n) is 12.7. The van der Waals surface area contributed by atoms with Gasteiger partial charge in [0, 0.05) is 39.9 Å². The summed E-state index contributed by atoms with van der Waals surface area (Å²) >= 11 is 0. The van der Waals surface area contributed by atoms with Crippen LogP contribution in [0.5, 0.6) is 0 Å². The van der Waals surface area contributed by atoms with E-state index in [1.165, 1.54) is 0 Å². The Bertz CT molecular complexity index is 1110. The predicted molar refractivity (Wildman–Crippen MR) is 93.9 cm³/mol. The summed E-state index contributed by atoms with van der Waals surface area (Å²) in [6.07, 6.45) is 0.854. The van der Waals surface area contributed by atoms with Crippen molar-refractivity contribution >= 4 is 22.9 Å². The third-order valence-electron chi connectivity index (χ3n) is 4.10. The summed E-state index contributed by atoms with van der Waals surface area (Å²) in [4.78, 5) is 11.5. The first-order chi connectivity index (χ1) is 11.7. The van der Waals surface area contributed by atoms with E-state index in [9.17, 15) is 4.79 Å². The molecule has 4 heteroatoms. The molecule has 24 heavy (non-hydrogen) atoms. The van der Waals surface area contributed by atoms with E-state index in [1.807, 2.05) is 36.4 Å². The van der Waals surface area contributed by atoms with Crippen LogP contribution < -0.4 is 11.1 Å². The monoisotopic (exact) mass is 314 g/mol. The number of benzene rings is 3. The third-order valence-corrected chi connectivity index (χ3v) is 4.10. The molecule has 1 aliphatic carbocycles. The summed E-state index contributed by atoms with van der Waals surface area (Å²) in [5.41, 5.74) is 10.3. The Morgan fingerprint density at radius 3 is 2.62 bits per heavy atom. The smallest absolute Gasteiger partial charge is 0.150 e. The standard InChI is InChI=1S/C20H14N2O2/c21-13-5-7-16-18(9-13)24-19-10-14(22)6-8-17(19)20(16)15-4-2-1-3-12(15)11-23/h1-11,21H,22H2. The van der Waals surface area contributed by atoms with Gasteiger partial charge in [0.1, 0.15) is 11.3 Å². The third kappa shape index (κ3) is 2.16. The van der Waals surface area contributed by atoms with E-state index in [4.69, 9.17) is 15.6 Å². The number of nitrogens with two attached hydrogens (primary N) is 1. The Morgan fingerprint density at radius 2 is 1.79 bits per heavy atom. The van der Waals surface area contributed by atoms with Gasteiger partial charge < -0.3 is 15.6 Å². The molecule has 2 aliphatic rings. The lowest BCUT2D eigenvalue weighted by atomic mass is 9.91. The number of nitrogens with one attached hydrogen (secondary N) is 1. The second kappa shape index (κ2) is 5.35. The molecule has 2 aromatic rings. The Hall–Kier alpha value is -3.40. The van der Waals surface area contributed by atoms with Crippen LogP contribution in [0.1, 0.15) is 10.4 Å².